The molecule has 0 aliphatic carbocycles. The number of benzene rings is 1. The van der Waals surface area contributed by atoms with Gasteiger partial charge < -0.3 is 10.2 Å². The molecule has 2 amide bonds. The first-order valence-corrected chi connectivity index (χ1v) is 10.0. The summed E-state index contributed by atoms with van der Waals surface area (Å²) in [6.45, 7) is 7.66. The molecule has 1 N–H and O–H groups in total. The van der Waals surface area contributed by atoms with Crippen molar-refractivity contribution in [2.45, 2.75) is 19.9 Å². The standard InChI is InChI=1S/C23H28N4O2/c1-18(2)25-22(28)21-17-20(10-11-24-21)23(29)27-15-13-26(14-16-27)12-6-9-19-7-4-3-5-8-19/h3-11,17-18H,12-16H2,1-2H3,(H,25,28)/b9-6+. The summed E-state index contributed by atoms with van der Waals surface area (Å²) >= 11 is 0. The van der Waals surface area contributed by atoms with Crippen molar-refractivity contribution in [1.29, 1.82) is 0 Å². The Morgan fingerprint density at radius 1 is 1.10 bits per heavy atom. The van der Waals surface area contributed by atoms with Crippen LogP contribution in [0.4, 0.5) is 0 Å². The van der Waals surface area contributed by atoms with Crippen LogP contribution in [0.5, 0.6) is 0 Å². The molecule has 1 aliphatic heterocycles. The van der Waals surface area contributed by atoms with E-state index < -0.39 is 0 Å². The third kappa shape index (κ3) is 5.99. The number of carbonyl (C=O) groups is 2. The fourth-order valence-electron chi connectivity index (χ4n) is 3.24. The fourth-order valence-corrected chi connectivity index (χ4v) is 3.24. The lowest BCUT2D eigenvalue weighted by atomic mass is 10.1. The Morgan fingerprint density at radius 3 is 2.52 bits per heavy atom. The van der Waals surface area contributed by atoms with Crippen LogP contribution in [0.15, 0.2) is 54.7 Å². The number of nitrogens with zero attached hydrogens (tertiary/aromatic N) is 3. The minimum atomic E-state index is -0.260. The molecular formula is C23H28N4O2. The fraction of sp³-hybridized carbons (Fsp3) is 0.348. The monoisotopic (exact) mass is 392 g/mol. The average Bonchev–Trinajstić information content (AvgIpc) is 2.74. The SMILES string of the molecule is CC(C)NC(=O)c1cc(C(=O)N2CCN(C/C=C/c3ccccc3)CC2)ccn1. The molecule has 1 fully saturated rings. The molecule has 0 saturated carbocycles. The van der Waals surface area contributed by atoms with Gasteiger partial charge in [0, 0.05) is 50.5 Å². The molecule has 3 rings (SSSR count). The van der Waals surface area contributed by atoms with E-state index in [9.17, 15) is 9.59 Å². The molecule has 1 aromatic carbocycles. The summed E-state index contributed by atoms with van der Waals surface area (Å²) in [5, 5.41) is 2.80. The van der Waals surface area contributed by atoms with Gasteiger partial charge in [-0.1, -0.05) is 42.5 Å². The normalized spacial score (nSPS) is 15.1. The van der Waals surface area contributed by atoms with E-state index in [4.69, 9.17) is 0 Å². The molecular weight excluding hydrogens is 364 g/mol. The first-order chi connectivity index (χ1) is 14.0. The highest BCUT2D eigenvalue weighted by Crippen LogP contribution is 2.11. The Labute approximate surface area is 172 Å². The average molecular weight is 393 g/mol. The maximum absolute atomic E-state index is 12.8. The molecule has 0 atom stereocenters. The molecule has 0 spiro atoms. The minimum absolute atomic E-state index is 0.0210. The van der Waals surface area contributed by atoms with Crippen molar-refractivity contribution in [3.63, 3.8) is 0 Å². The quantitative estimate of drug-likeness (QED) is 0.821. The van der Waals surface area contributed by atoms with Gasteiger partial charge in [-0.05, 0) is 31.5 Å². The van der Waals surface area contributed by atoms with Crippen LogP contribution in [0.1, 0.15) is 40.3 Å². The number of rotatable bonds is 6. The van der Waals surface area contributed by atoms with Crippen LogP contribution in [0.25, 0.3) is 6.08 Å². The number of pyridine rings is 1. The zero-order chi connectivity index (χ0) is 20.6. The summed E-state index contributed by atoms with van der Waals surface area (Å²) in [6.07, 6.45) is 5.81. The molecule has 6 nitrogen and oxygen atoms in total. The van der Waals surface area contributed by atoms with Crippen molar-refractivity contribution >= 4 is 17.9 Å². The molecule has 29 heavy (non-hydrogen) atoms. The largest absolute Gasteiger partial charge is 0.349 e. The van der Waals surface area contributed by atoms with Gasteiger partial charge in [0.15, 0.2) is 0 Å². The van der Waals surface area contributed by atoms with Gasteiger partial charge in [-0.25, -0.2) is 0 Å². The Kier molecular flexibility index (Phi) is 7.14. The number of carbonyl (C=O) groups excluding carboxylic acids is 2. The lowest BCUT2D eigenvalue weighted by molar-refractivity contribution is 0.0650. The molecule has 0 radical (unpaired) electrons. The number of amides is 2. The summed E-state index contributed by atoms with van der Waals surface area (Å²) in [7, 11) is 0. The van der Waals surface area contributed by atoms with Gasteiger partial charge in [-0.3, -0.25) is 19.5 Å². The number of piperazine rings is 1. The second-order valence-corrected chi connectivity index (χ2v) is 7.46. The number of hydrogen-bond acceptors (Lipinski definition) is 4. The lowest BCUT2D eigenvalue weighted by Gasteiger charge is -2.34. The number of hydrogen-bond donors (Lipinski definition) is 1. The van der Waals surface area contributed by atoms with E-state index in [0.717, 1.165) is 19.6 Å². The van der Waals surface area contributed by atoms with Crippen LogP contribution in [0, 0.1) is 0 Å². The molecule has 152 valence electrons. The van der Waals surface area contributed by atoms with E-state index in [2.05, 4.69) is 39.5 Å². The predicted octanol–water partition coefficient (Wildman–Crippen LogP) is 2.69. The smallest absolute Gasteiger partial charge is 0.270 e. The second kappa shape index (κ2) is 9.98. The number of aromatic nitrogens is 1. The van der Waals surface area contributed by atoms with E-state index >= 15 is 0 Å². The van der Waals surface area contributed by atoms with Crippen molar-refractivity contribution in [3.8, 4) is 0 Å². The van der Waals surface area contributed by atoms with Crippen LogP contribution < -0.4 is 5.32 Å². The van der Waals surface area contributed by atoms with Gasteiger partial charge in [0.05, 0.1) is 0 Å². The lowest BCUT2D eigenvalue weighted by Crippen LogP contribution is -2.48. The van der Waals surface area contributed by atoms with Crippen molar-refractivity contribution in [3.05, 3.63) is 71.6 Å². The van der Waals surface area contributed by atoms with Crippen molar-refractivity contribution in [2.24, 2.45) is 0 Å². The molecule has 1 aromatic heterocycles. The second-order valence-electron chi connectivity index (χ2n) is 7.46. The van der Waals surface area contributed by atoms with Crippen LogP contribution >= 0.6 is 0 Å². The van der Waals surface area contributed by atoms with Crippen molar-refractivity contribution < 1.29 is 9.59 Å². The van der Waals surface area contributed by atoms with Crippen LogP contribution in [0.2, 0.25) is 0 Å². The summed E-state index contributed by atoms with van der Waals surface area (Å²) in [5.74, 6) is -0.310. The highest BCUT2D eigenvalue weighted by molar-refractivity contribution is 5.98. The predicted molar refractivity (Wildman–Crippen MR) is 115 cm³/mol. The summed E-state index contributed by atoms with van der Waals surface area (Å²) < 4.78 is 0. The van der Waals surface area contributed by atoms with E-state index in [1.54, 1.807) is 12.1 Å². The van der Waals surface area contributed by atoms with Gasteiger partial charge in [-0.15, -0.1) is 0 Å². The Hall–Kier alpha value is -2.99. The molecule has 1 aliphatic rings. The molecule has 0 bridgehead atoms. The molecule has 2 heterocycles. The van der Waals surface area contributed by atoms with Crippen LogP contribution in [-0.2, 0) is 0 Å². The number of nitrogens with one attached hydrogen (secondary N) is 1. The third-order valence-corrected chi connectivity index (χ3v) is 4.79. The van der Waals surface area contributed by atoms with Gasteiger partial charge in [0.25, 0.3) is 11.8 Å². The summed E-state index contributed by atoms with van der Waals surface area (Å²) in [4.78, 5) is 33.2. The maximum atomic E-state index is 12.8. The van der Waals surface area contributed by atoms with Gasteiger partial charge in [0.2, 0.25) is 0 Å². The van der Waals surface area contributed by atoms with E-state index in [1.807, 2.05) is 36.9 Å². The Balaban J connectivity index is 1.52. The van der Waals surface area contributed by atoms with E-state index in [0.29, 0.717) is 18.7 Å². The molecule has 0 unspecified atom stereocenters. The van der Waals surface area contributed by atoms with Crippen LogP contribution in [-0.4, -0.2) is 65.4 Å². The third-order valence-electron chi connectivity index (χ3n) is 4.79. The Bertz CT molecular complexity index is 856. The Morgan fingerprint density at radius 2 is 1.83 bits per heavy atom. The molecule has 1 saturated heterocycles. The summed E-state index contributed by atoms with van der Waals surface area (Å²) in [6, 6.07) is 13.5. The first kappa shape index (κ1) is 20.7. The maximum Gasteiger partial charge on any atom is 0.270 e. The zero-order valence-electron chi connectivity index (χ0n) is 17.0. The highest BCUT2D eigenvalue weighted by Gasteiger charge is 2.22. The van der Waals surface area contributed by atoms with Crippen LogP contribution in [0.3, 0.4) is 0 Å². The van der Waals surface area contributed by atoms with Gasteiger partial charge in [-0.2, -0.15) is 0 Å². The first-order valence-electron chi connectivity index (χ1n) is 10.0. The van der Waals surface area contributed by atoms with Crippen molar-refractivity contribution in [2.75, 3.05) is 32.7 Å². The van der Waals surface area contributed by atoms with E-state index in [1.165, 1.54) is 11.8 Å². The summed E-state index contributed by atoms with van der Waals surface area (Å²) in [5.41, 5.74) is 1.97. The van der Waals surface area contributed by atoms with Gasteiger partial charge in [0.1, 0.15) is 5.69 Å². The zero-order valence-corrected chi connectivity index (χ0v) is 17.0. The molecule has 6 heteroatoms. The van der Waals surface area contributed by atoms with Gasteiger partial charge >= 0.3 is 0 Å². The molecule has 2 aromatic rings. The topological polar surface area (TPSA) is 65.5 Å². The minimum Gasteiger partial charge on any atom is -0.349 e. The van der Waals surface area contributed by atoms with Crippen molar-refractivity contribution in [1.82, 2.24) is 20.1 Å². The van der Waals surface area contributed by atoms with E-state index in [-0.39, 0.29) is 23.6 Å². The highest BCUT2D eigenvalue weighted by atomic mass is 16.2.